The third-order valence-corrected chi connectivity index (χ3v) is 1.58. The smallest absolute Gasteiger partial charge is 0.275 e. The first kappa shape index (κ1) is 8.67. The molecule has 1 aromatic rings. The Bertz CT molecular complexity index is 296. The van der Waals surface area contributed by atoms with Crippen molar-refractivity contribution >= 4 is 5.69 Å². The van der Waals surface area contributed by atoms with Gasteiger partial charge in [0.1, 0.15) is 0 Å². The Morgan fingerprint density at radius 1 is 1.50 bits per heavy atom. The van der Waals surface area contributed by atoms with Crippen LogP contribution >= 0.6 is 0 Å². The first-order chi connectivity index (χ1) is 5.63. The molecule has 64 valence electrons. The van der Waals surface area contributed by atoms with E-state index >= 15 is 0 Å². The van der Waals surface area contributed by atoms with Gasteiger partial charge in [0.25, 0.3) is 5.69 Å². The van der Waals surface area contributed by atoms with Gasteiger partial charge in [-0.05, 0) is 13.0 Å². The molecule has 0 saturated carbocycles. The molecule has 0 aromatic heterocycles. The molecule has 1 N–H and O–H groups in total. The van der Waals surface area contributed by atoms with Crippen LogP contribution in [0.1, 0.15) is 18.6 Å². The van der Waals surface area contributed by atoms with Crippen LogP contribution in [0.4, 0.5) is 5.69 Å². The van der Waals surface area contributed by atoms with Gasteiger partial charge < -0.3 is 5.11 Å². The van der Waals surface area contributed by atoms with Crippen molar-refractivity contribution in [2.75, 3.05) is 0 Å². The number of hydrogen-bond acceptors (Lipinski definition) is 3. The fourth-order valence-corrected chi connectivity index (χ4v) is 1.01. The first-order valence-electron chi connectivity index (χ1n) is 3.54. The molecule has 1 atom stereocenters. The topological polar surface area (TPSA) is 63.4 Å². The fourth-order valence-electron chi connectivity index (χ4n) is 1.01. The van der Waals surface area contributed by atoms with Crippen LogP contribution in [-0.2, 0) is 0 Å². The molecule has 0 saturated heterocycles. The van der Waals surface area contributed by atoms with E-state index in [9.17, 15) is 10.1 Å². The summed E-state index contributed by atoms with van der Waals surface area (Å²) < 4.78 is 0. The summed E-state index contributed by atoms with van der Waals surface area (Å²) in [5, 5.41) is 19.6. The van der Waals surface area contributed by atoms with E-state index in [4.69, 9.17) is 5.11 Å². The van der Waals surface area contributed by atoms with Crippen LogP contribution in [0.2, 0.25) is 0 Å². The first-order valence-corrected chi connectivity index (χ1v) is 3.54. The quantitative estimate of drug-likeness (QED) is 0.415. The molecular weight excluding hydrogens is 159 g/mol. The van der Waals surface area contributed by atoms with E-state index < -0.39 is 11.0 Å². The van der Waals surface area contributed by atoms with Crippen molar-refractivity contribution < 1.29 is 10.0 Å². The second-order valence-corrected chi connectivity index (χ2v) is 2.49. The van der Waals surface area contributed by atoms with E-state index in [1.54, 1.807) is 18.2 Å². The second-order valence-electron chi connectivity index (χ2n) is 2.49. The molecule has 0 amide bonds. The second kappa shape index (κ2) is 3.32. The summed E-state index contributed by atoms with van der Waals surface area (Å²) in [4.78, 5) is 9.92. The molecule has 0 aliphatic heterocycles. The van der Waals surface area contributed by atoms with Gasteiger partial charge in [-0.15, -0.1) is 0 Å². The highest BCUT2D eigenvalue weighted by Crippen LogP contribution is 2.23. The van der Waals surface area contributed by atoms with Crippen molar-refractivity contribution in [3.05, 3.63) is 39.9 Å². The lowest BCUT2D eigenvalue weighted by Gasteiger charge is -2.03. The molecule has 4 heteroatoms. The molecule has 12 heavy (non-hydrogen) atoms. The average molecular weight is 168 g/mol. The lowest BCUT2D eigenvalue weighted by atomic mass is 10.2. The highest BCUT2D eigenvalue weighted by Gasteiger charge is 2.15. The predicted octanol–water partition coefficient (Wildman–Crippen LogP) is 1.65. The Hall–Kier alpha value is -1.42. The highest BCUT2D eigenvalue weighted by atomic mass is 16.6. The van der Waals surface area contributed by atoms with E-state index in [-0.39, 0.29) is 5.69 Å². The molecule has 0 fully saturated rings. The van der Waals surface area contributed by atoms with Crippen molar-refractivity contribution in [3.63, 3.8) is 0 Å². The summed E-state index contributed by atoms with van der Waals surface area (Å²) in [5.74, 6) is 0. The number of aliphatic hydroxyl groups excluding tert-OH is 1. The van der Waals surface area contributed by atoms with Crippen molar-refractivity contribution in [3.8, 4) is 0 Å². The maximum atomic E-state index is 10.4. The summed E-state index contributed by atoms with van der Waals surface area (Å²) >= 11 is 0. The third kappa shape index (κ3) is 1.60. The number of benzene rings is 1. The number of nitro benzene ring substituents is 1. The zero-order valence-corrected chi connectivity index (χ0v) is 6.60. The third-order valence-electron chi connectivity index (χ3n) is 1.58. The van der Waals surface area contributed by atoms with Crippen molar-refractivity contribution in [2.24, 2.45) is 0 Å². The van der Waals surface area contributed by atoms with E-state index in [1.165, 1.54) is 13.0 Å². The molecular formula is C8H9NO3. The van der Waals surface area contributed by atoms with Gasteiger partial charge in [-0.25, -0.2) is 0 Å². The fraction of sp³-hybridized carbons (Fsp3) is 0.250. The molecule has 1 unspecified atom stereocenters. The maximum Gasteiger partial charge on any atom is 0.275 e. The summed E-state index contributed by atoms with van der Waals surface area (Å²) in [6.07, 6.45) is -0.799. The Labute approximate surface area is 69.6 Å². The minimum absolute atomic E-state index is 0.0347. The zero-order chi connectivity index (χ0) is 9.14. The van der Waals surface area contributed by atoms with Gasteiger partial charge in [0.2, 0.25) is 0 Å². The van der Waals surface area contributed by atoms with Gasteiger partial charge in [-0.1, -0.05) is 12.1 Å². The van der Waals surface area contributed by atoms with Gasteiger partial charge in [0, 0.05) is 6.07 Å². The van der Waals surface area contributed by atoms with Gasteiger partial charge in [-0.2, -0.15) is 0 Å². The van der Waals surface area contributed by atoms with Crippen LogP contribution in [0.5, 0.6) is 0 Å². The lowest BCUT2D eigenvalue weighted by Crippen LogP contribution is -1.98. The van der Waals surface area contributed by atoms with Crippen LogP contribution in [0.15, 0.2) is 24.3 Å². The minimum atomic E-state index is -0.799. The Morgan fingerprint density at radius 2 is 2.08 bits per heavy atom. The molecule has 0 bridgehead atoms. The van der Waals surface area contributed by atoms with E-state index in [0.717, 1.165) is 0 Å². The number of hydrogen-bond donors (Lipinski definition) is 1. The summed E-state index contributed by atoms with van der Waals surface area (Å²) in [5.41, 5.74) is 0.315. The normalized spacial score (nSPS) is 12.5. The number of para-hydroxylation sites is 1. The molecule has 4 nitrogen and oxygen atoms in total. The van der Waals surface area contributed by atoms with E-state index in [2.05, 4.69) is 0 Å². The Kier molecular flexibility index (Phi) is 2.40. The summed E-state index contributed by atoms with van der Waals surface area (Å²) in [6, 6.07) is 6.16. The average Bonchev–Trinajstić information content (AvgIpc) is 2.04. The largest absolute Gasteiger partial charge is 0.388 e. The van der Waals surface area contributed by atoms with Gasteiger partial charge in [0.05, 0.1) is 16.6 Å². The van der Waals surface area contributed by atoms with Crippen LogP contribution < -0.4 is 0 Å². The van der Waals surface area contributed by atoms with Crippen molar-refractivity contribution in [1.82, 2.24) is 0 Å². The number of nitrogens with zero attached hydrogens (tertiary/aromatic N) is 1. The molecule has 0 aliphatic carbocycles. The molecule has 0 heterocycles. The molecule has 0 aliphatic rings. The van der Waals surface area contributed by atoms with Gasteiger partial charge in [0.15, 0.2) is 0 Å². The van der Waals surface area contributed by atoms with Crippen LogP contribution in [0, 0.1) is 10.1 Å². The van der Waals surface area contributed by atoms with Crippen molar-refractivity contribution in [2.45, 2.75) is 13.0 Å². The standard InChI is InChI=1S/C8H9NO3/c1-6(10)7-4-2-3-5-8(7)9(11)12/h2-6,10H,1H3/i6+1. The van der Waals surface area contributed by atoms with Crippen molar-refractivity contribution in [1.29, 1.82) is 0 Å². The van der Waals surface area contributed by atoms with E-state index in [1.807, 2.05) is 0 Å². The SMILES string of the molecule is C[13CH](O)c1ccccc1[N+](=O)[O-]. The highest BCUT2D eigenvalue weighted by molar-refractivity contribution is 5.40. The molecule has 1 rings (SSSR count). The van der Waals surface area contributed by atoms with E-state index in [0.29, 0.717) is 5.56 Å². The van der Waals surface area contributed by atoms with Gasteiger partial charge >= 0.3 is 0 Å². The Morgan fingerprint density at radius 3 is 2.50 bits per heavy atom. The predicted molar refractivity (Wildman–Crippen MR) is 43.7 cm³/mol. The van der Waals surface area contributed by atoms with Crippen LogP contribution in [0.3, 0.4) is 0 Å². The Balaban J connectivity index is 3.17. The van der Waals surface area contributed by atoms with Crippen LogP contribution in [0.25, 0.3) is 0 Å². The molecule has 0 radical (unpaired) electrons. The number of rotatable bonds is 2. The lowest BCUT2D eigenvalue weighted by molar-refractivity contribution is -0.386. The monoisotopic (exact) mass is 168 g/mol. The number of nitro groups is 1. The molecule has 1 aromatic carbocycles. The van der Waals surface area contributed by atoms with Crippen LogP contribution in [-0.4, -0.2) is 10.0 Å². The summed E-state index contributed by atoms with van der Waals surface area (Å²) in [6.45, 7) is 1.50. The maximum absolute atomic E-state index is 10.4. The summed E-state index contributed by atoms with van der Waals surface area (Å²) in [7, 11) is 0. The van der Waals surface area contributed by atoms with Gasteiger partial charge in [-0.3, -0.25) is 10.1 Å². The number of aliphatic hydroxyl groups is 1. The minimum Gasteiger partial charge on any atom is -0.388 e. The zero-order valence-electron chi connectivity index (χ0n) is 6.60. The molecule has 0 spiro atoms.